The van der Waals surface area contributed by atoms with Crippen molar-refractivity contribution in [1.82, 2.24) is 0 Å². The summed E-state index contributed by atoms with van der Waals surface area (Å²) in [4.78, 5) is 11.6. The molecule has 0 spiro atoms. The molecule has 4 N–H and O–H groups in total. The summed E-state index contributed by atoms with van der Waals surface area (Å²) in [6, 6.07) is 11.5. The lowest BCUT2D eigenvalue weighted by atomic mass is 10.1. The van der Waals surface area contributed by atoms with Gasteiger partial charge in [0.2, 0.25) is 5.91 Å². The molecule has 1 amide bonds. The number of hydrogen-bond donors (Lipinski definition) is 3. The molecule has 104 valence electrons. The predicted octanol–water partition coefficient (Wildman–Crippen LogP) is 2.99. The van der Waals surface area contributed by atoms with Gasteiger partial charge in [-0.25, -0.2) is 0 Å². The summed E-state index contributed by atoms with van der Waals surface area (Å²) in [5.41, 5.74) is 7.90. The van der Waals surface area contributed by atoms with Crippen LogP contribution in [0.15, 0.2) is 42.5 Å². The van der Waals surface area contributed by atoms with E-state index in [9.17, 15) is 9.90 Å². The van der Waals surface area contributed by atoms with Crippen molar-refractivity contribution >= 4 is 23.2 Å². The molecule has 0 aliphatic carbocycles. The molecule has 0 aromatic heterocycles. The van der Waals surface area contributed by atoms with E-state index in [2.05, 4.69) is 5.32 Å². The van der Waals surface area contributed by atoms with Gasteiger partial charge in [0.15, 0.2) is 0 Å². The van der Waals surface area contributed by atoms with Crippen LogP contribution in [0.1, 0.15) is 17.2 Å². The molecule has 0 bridgehead atoms. The third kappa shape index (κ3) is 3.22. The number of anilines is 1. The summed E-state index contributed by atoms with van der Waals surface area (Å²) in [5, 5.41) is 12.7. The average molecular weight is 291 g/mol. The van der Waals surface area contributed by atoms with Gasteiger partial charge < -0.3 is 16.2 Å². The number of nitrogens with one attached hydrogen (secondary N) is 1. The van der Waals surface area contributed by atoms with Gasteiger partial charge in [0.25, 0.3) is 0 Å². The van der Waals surface area contributed by atoms with E-state index in [1.807, 2.05) is 31.2 Å². The number of carbonyl (C=O) groups is 1. The topological polar surface area (TPSA) is 75.3 Å². The third-order valence-corrected chi connectivity index (χ3v) is 3.22. The molecule has 0 saturated carbocycles. The van der Waals surface area contributed by atoms with Crippen LogP contribution in [0.25, 0.3) is 0 Å². The van der Waals surface area contributed by atoms with Crippen LogP contribution in [0.4, 0.5) is 5.69 Å². The van der Waals surface area contributed by atoms with Gasteiger partial charge in [-0.05, 0) is 42.3 Å². The van der Waals surface area contributed by atoms with Crippen molar-refractivity contribution < 1.29 is 9.90 Å². The minimum atomic E-state index is -0.713. The van der Waals surface area contributed by atoms with Crippen LogP contribution >= 0.6 is 11.6 Å². The Labute approximate surface area is 122 Å². The number of primary amides is 1. The summed E-state index contributed by atoms with van der Waals surface area (Å²) < 4.78 is 0. The molecule has 1 unspecified atom stereocenters. The Morgan fingerprint density at radius 1 is 1.30 bits per heavy atom. The molecule has 0 aliphatic rings. The van der Waals surface area contributed by atoms with Gasteiger partial charge >= 0.3 is 0 Å². The van der Waals surface area contributed by atoms with Crippen molar-refractivity contribution in [3.63, 3.8) is 0 Å². The highest BCUT2D eigenvalue weighted by Gasteiger charge is 2.18. The molecule has 2 aromatic carbocycles. The lowest BCUT2D eigenvalue weighted by Crippen LogP contribution is -2.27. The van der Waals surface area contributed by atoms with E-state index < -0.39 is 11.9 Å². The Bertz CT molecular complexity index is 644. The first-order chi connectivity index (χ1) is 9.47. The Morgan fingerprint density at radius 2 is 2.05 bits per heavy atom. The molecule has 0 fully saturated rings. The smallest absolute Gasteiger partial charge is 0.244 e. The fourth-order valence-electron chi connectivity index (χ4n) is 1.92. The zero-order valence-corrected chi connectivity index (χ0v) is 11.7. The van der Waals surface area contributed by atoms with Crippen LogP contribution < -0.4 is 11.1 Å². The quantitative estimate of drug-likeness (QED) is 0.810. The number of phenols is 1. The van der Waals surface area contributed by atoms with Crippen molar-refractivity contribution in [2.45, 2.75) is 13.0 Å². The normalized spacial score (nSPS) is 11.9. The maximum atomic E-state index is 11.6. The van der Waals surface area contributed by atoms with E-state index >= 15 is 0 Å². The first-order valence-electron chi connectivity index (χ1n) is 6.08. The summed E-state index contributed by atoms with van der Waals surface area (Å²) in [6.07, 6.45) is 0. The number of amides is 1. The van der Waals surface area contributed by atoms with Crippen molar-refractivity contribution in [2.75, 3.05) is 5.32 Å². The third-order valence-electron chi connectivity index (χ3n) is 2.92. The lowest BCUT2D eigenvalue weighted by Gasteiger charge is -2.18. The van der Waals surface area contributed by atoms with Gasteiger partial charge in [-0.2, -0.15) is 0 Å². The van der Waals surface area contributed by atoms with Gasteiger partial charge in [0.05, 0.1) is 5.02 Å². The number of phenolic OH excluding ortho intramolecular Hbond substituents is 1. The zero-order chi connectivity index (χ0) is 14.7. The van der Waals surface area contributed by atoms with E-state index in [0.29, 0.717) is 5.56 Å². The summed E-state index contributed by atoms with van der Waals surface area (Å²) >= 11 is 5.86. The van der Waals surface area contributed by atoms with Crippen LogP contribution in [0, 0.1) is 6.92 Å². The number of halogens is 1. The second-order valence-electron chi connectivity index (χ2n) is 4.56. The highest BCUT2D eigenvalue weighted by molar-refractivity contribution is 6.32. The van der Waals surface area contributed by atoms with E-state index in [-0.39, 0.29) is 10.8 Å². The average Bonchev–Trinajstić information content (AvgIpc) is 2.39. The van der Waals surface area contributed by atoms with Crippen LogP contribution in [0.5, 0.6) is 5.75 Å². The van der Waals surface area contributed by atoms with E-state index in [1.54, 1.807) is 6.07 Å². The number of hydrogen-bond acceptors (Lipinski definition) is 3. The van der Waals surface area contributed by atoms with E-state index in [4.69, 9.17) is 17.3 Å². The van der Waals surface area contributed by atoms with E-state index in [0.717, 1.165) is 11.3 Å². The highest BCUT2D eigenvalue weighted by atomic mass is 35.5. The predicted molar refractivity (Wildman–Crippen MR) is 79.9 cm³/mol. The van der Waals surface area contributed by atoms with Crippen molar-refractivity contribution in [3.8, 4) is 5.75 Å². The Kier molecular flexibility index (Phi) is 4.15. The minimum Gasteiger partial charge on any atom is -0.506 e. The monoisotopic (exact) mass is 290 g/mol. The van der Waals surface area contributed by atoms with Crippen LogP contribution in [0.3, 0.4) is 0 Å². The summed E-state index contributed by atoms with van der Waals surface area (Å²) in [6.45, 7) is 1.96. The number of carbonyl (C=O) groups excluding carboxylic acids is 1. The molecular weight excluding hydrogens is 276 g/mol. The second kappa shape index (κ2) is 5.84. The lowest BCUT2D eigenvalue weighted by molar-refractivity contribution is -0.118. The standard InChI is InChI=1S/C15H15ClN2O2/c1-9-3-2-4-11(7-9)18-14(15(17)20)10-5-6-13(19)12(16)8-10/h2-8,14,18-19H,1H3,(H2,17,20). The number of rotatable bonds is 4. The highest BCUT2D eigenvalue weighted by Crippen LogP contribution is 2.28. The largest absolute Gasteiger partial charge is 0.506 e. The van der Waals surface area contributed by atoms with Crippen molar-refractivity contribution in [2.24, 2.45) is 5.73 Å². The Balaban J connectivity index is 2.32. The molecule has 0 heterocycles. The Morgan fingerprint density at radius 3 is 2.65 bits per heavy atom. The molecule has 0 aliphatic heterocycles. The molecule has 2 aromatic rings. The van der Waals surface area contributed by atoms with Gasteiger partial charge in [0.1, 0.15) is 11.8 Å². The van der Waals surface area contributed by atoms with Gasteiger partial charge in [-0.3, -0.25) is 4.79 Å². The molecule has 0 saturated heterocycles. The van der Waals surface area contributed by atoms with Crippen LogP contribution in [-0.2, 0) is 4.79 Å². The number of benzene rings is 2. The Hall–Kier alpha value is -2.20. The van der Waals surface area contributed by atoms with Gasteiger partial charge in [-0.15, -0.1) is 0 Å². The number of aromatic hydroxyl groups is 1. The van der Waals surface area contributed by atoms with Crippen LogP contribution in [0.2, 0.25) is 5.02 Å². The first-order valence-corrected chi connectivity index (χ1v) is 6.46. The van der Waals surface area contributed by atoms with Gasteiger partial charge in [0, 0.05) is 5.69 Å². The van der Waals surface area contributed by atoms with Crippen molar-refractivity contribution in [1.29, 1.82) is 0 Å². The molecular formula is C15H15ClN2O2. The molecule has 0 radical (unpaired) electrons. The van der Waals surface area contributed by atoms with E-state index in [1.165, 1.54) is 12.1 Å². The molecule has 4 nitrogen and oxygen atoms in total. The summed E-state index contributed by atoms with van der Waals surface area (Å²) in [7, 11) is 0. The molecule has 5 heteroatoms. The fraction of sp³-hybridized carbons (Fsp3) is 0.133. The van der Waals surface area contributed by atoms with Crippen LogP contribution in [-0.4, -0.2) is 11.0 Å². The minimum absolute atomic E-state index is 0.0332. The molecule has 20 heavy (non-hydrogen) atoms. The molecule has 2 rings (SSSR count). The maximum Gasteiger partial charge on any atom is 0.244 e. The second-order valence-corrected chi connectivity index (χ2v) is 4.97. The van der Waals surface area contributed by atoms with Crippen molar-refractivity contribution in [3.05, 3.63) is 58.6 Å². The fourth-order valence-corrected chi connectivity index (χ4v) is 2.11. The number of nitrogens with two attached hydrogens (primary N) is 1. The molecule has 1 atom stereocenters. The first kappa shape index (κ1) is 14.2. The summed E-state index contributed by atoms with van der Waals surface area (Å²) in [5.74, 6) is -0.553. The zero-order valence-electron chi connectivity index (χ0n) is 10.9. The maximum absolute atomic E-state index is 11.6. The number of aryl methyl sites for hydroxylation is 1. The SMILES string of the molecule is Cc1cccc(NC(C(N)=O)c2ccc(O)c(Cl)c2)c1. The van der Waals surface area contributed by atoms with Gasteiger partial charge in [-0.1, -0.05) is 29.8 Å².